The molecular weight excluding hydrogens is 208 g/mol. The van der Waals surface area contributed by atoms with E-state index in [9.17, 15) is 0 Å². The second-order valence-corrected chi connectivity index (χ2v) is 5.95. The first-order valence-corrected chi connectivity index (χ1v) is 6.42. The Balaban J connectivity index is 2.86. The Bertz CT molecular complexity index is 313. The topological polar surface area (TPSA) is 27.7 Å². The predicted octanol–water partition coefficient (Wildman–Crippen LogP) is 1.99. The lowest BCUT2D eigenvalue weighted by Gasteiger charge is -2.14. The molecule has 1 rings (SSSR count). The third-order valence-electron chi connectivity index (χ3n) is 1.94. The highest BCUT2D eigenvalue weighted by Crippen LogP contribution is 2.36. The highest BCUT2D eigenvalue weighted by Gasteiger charge is 2.10. The van der Waals surface area contributed by atoms with Crippen molar-refractivity contribution >= 4 is 9.76 Å². The average Bonchev–Trinajstić information content (AvgIpc) is 2.25. The van der Waals surface area contributed by atoms with Crippen molar-refractivity contribution < 1.29 is 13.9 Å². The Labute approximate surface area is 93.3 Å². The maximum absolute atomic E-state index is 5.77. The largest absolute Gasteiger partial charge is 0.547 e. The third kappa shape index (κ3) is 3.16. The van der Waals surface area contributed by atoms with Crippen molar-refractivity contribution in [2.45, 2.75) is 19.4 Å². The summed E-state index contributed by atoms with van der Waals surface area (Å²) in [5.74, 6) is 2.19. The van der Waals surface area contributed by atoms with E-state index in [1.54, 1.807) is 14.2 Å². The zero-order chi connectivity index (χ0) is 11.3. The van der Waals surface area contributed by atoms with Crippen LogP contribution in [-0.2, 0) is 0 Å². The first kappa shape index (κ1) is 11.9. The summed E-state index contributed by atoms with van der Waals surface area (Å²) in [6, 6.07) is 5.69. The van der Waals surface area contributed by atoms with Gasteiger partial charge in [-0.1, -0.05) is 19.9 Å². The minimum atomic E-state index is -0.542. The molecule has 1 aromatic carbocycles. The van der Waals surface area contributed by atoms with Gasteiger partial charge in [-0.05, 0) is 17.7 Å². The first-order valence-electron chi connectivity index (χ1n) is 5.02. The number of ether oxygens (including phenoxy) is 2. The lowest BCUT2D eigenvalue weighted by molar-refractivity contribution is 0.344. The maximum atomic E-state index is 5.77. The first-order chi connectivity index (χ1) is 7.19. The molecule has 0 amide bonds. The molecule has 0 saturated heterocycles. The molecule has 3 nitrogen and oxygen atoms in total. The van der Waals surface area contributed by atoms with E-state index >= 15 is 0 Å². The van der Waals surface area contributed by atoms with Gasteiger partial charge in [-0.25, -0.2) is 0 Å². The van der Waals surface area contributed by atoms with Crippen LogP contribution in [0.15, 0.2) is 18.2 Å². The van der Waals surface area contributed by atoms with Gasteiger partial charge < -0.3 is 13.9 Å². The van der Waals surface area contributed by atoms with Crippen LogP contribution in [0.5, 0.6) is 17.2 Å². The molecule has 0 aromatic heterocycles. The van der Waals surface area contributed by atoms with Crippen molar-refractivity contribution in [3.8, 4) is 17.2 Å². The average molecular weight is 226 g/mol. The minimum absolute atomic E-state index is 0.542. The van der Waals surface area contributed by atoms with Crippen molar-refractivity contribution in [2.24, 2.45) is 0 Å². The van der Waals surface area contributed by atoms with Gasteiger partial charge in [-0.2, -0.15) is 0 Å². The van der Waals surface area contributed by atoms with E-state index in [2.05, 4.69) is 13.8 Å². The third-order valence-corrected chi connectivity index (χ3v) is 3.08. The number of hydrogen-bond donors (Lipinski definition) is 0. The Morgan fingerprint density at radius 2 is 1.73 bits per heavy atom. The molecule has 0 unspecified atom stereocenters. The summed E-state index contributed by atoms with van der Waals surface area (Å²) in [6.07, 6.45) is 0. The van der Waals surface area contributed by atoms with Crippen LogP contribution >= 0.6 is 0 Å². The minimum Gasteiger partial charge on any atom is -0.547 e. The standard InChI is InChI=1S/C11H18O3Si/c1-8(2)15-14-10-7-5-6-9(12-3)11(10)13-4/h5-8H,15H2,1-4H3. The highest BCUT2D eigenvalue weighted by atomic mass is 28.2. The molecule has 0 fully saturated rings. The van der Waals surface area contributed by atoms with Crippen LogP contribution in [0, 0.1) is 0 Å². The molecule has 4 heteroatoms. The summed E-state index contributed by atoms with van der Waals surface area (Å²) in [7, 11) is 2.71. The van der Waals surface area contributed by atoms with Crippen molar-refractivity contribution in [1.29, 1.82) is 0 Å². The van der Waals surface area contributed by atoms with E-state index in [1.807, 2.05) is 18.2 Å². The molecule has 0 heterocycles. The van der Waals surface area contributed by atoms with Gasteiger partial charge in [0.15, 0.2) is 5.75 Å². The molecule has 0 spiro atoms. The number of hydrogen-bond acceptors (Lipinski definition) is 3. The Morgan fingerprint density at radius 3 is 2.27 bits per heavy atom. The second-order valence-electron chi connectivity index (χ2n) is 3.70. The summed E-state index contributed by atoms with van der Waals surface area (Å²) < 4.78 is 16.2. The number of methoxy groups -OCH3 is 2. The molecular formula is C11H18O3Si. The lowest BCUT2D eigenvalue weighted by atomic mass is 10.3. The lowest BCUT2D eigenvalue weighted by Crippen LogP contribution is -2.06. The molecule has 1 aromatic rings. The molecule has 0 radical (unpaired) electrons. The fourth-order valence-electron chi connectivity index (χ4n) is 1.23. The summed E-state index contributed by atoms with van der Waals surface area (Å²) in [5.41, 5.74) is 0.626. The zero-order valence-electron chi connectivity index (χ0n) is 9.74. The fourth-order valence-corrected chi connectivity index (χ4v) is 1.97. The van der Waals surface area contributed by atoms with Crippen molar-refractivity contribution in [3.05, 3.63) is 18.2 Å². The van der Waals surface area contributed by atoms with E-state index in [-0.39, 0.29) is 0 Å². The molecule has 0 aliphatic rings. The molecule has 0 atom stereocenters. The Morgan fingerprint density at radius 1 is 1.07 bits per heavy atom. The summed E-state index contributed by atoms with van der Waals surface area (Å²) >= 11 is 0. The van der Waals surface area contributed by atoms with Crippen molar-refractivity contribution in [2.75, 3.05) is 14.2 Å². The van der Waals surface area contributed by atoms with Crippen molar-refractivity contribution in [3.63, 3.8) is 0 Å². The van der Waals surface area contributed by atoms with Gasteiger partial charge in [-0.3, -0.25) is 0 Å². The van der Waals surface area contributed by atoms with E-state index in [4.69, 9.17) is 13.9 Å². The van der Waals surface area contributed by atoms with E-state index in [1.165, 1.54) is 0 Å². The Hall–Kier alpha value is -1.16. The SMILES string of the molecule is COc1cccc(O[SiH2]C(C)C)c1OC. The van der Waals surface area contributed by atoms with Gasteiger partial charge in [0.05, 0.1) is 14.2 Å². The smallest absolute Gasteiger partial charge is 0.222 e. The van der Waals surface area contributed by atoms with Gasteiger partial charge in [-0.15, -0.1) is 0 Å². The van der Waals surface area contributed by atoms with Crippen LogP contribution in [0.2, 0.25) is 5.54 Å². The predicted molar refractivity (Wildman–Crippen MR) is 63.8 cm³/mol. The molecule has 0 aliphatic carbocycles. The van der Waals surface area contributed by atoms with E-state index < -0.39 is 9.76 Å². The van der Waals surface area contributed by atoms with E-state index in [0.29, 0.717) is 17.0 Å². The summed E-state index contributed by atoms with van der Waals surface area (Å²) in [5, 5.41) is 0. The maximum Gasteiger partial charge on any atom is 0.222 e. The molecule has 15 heavy (non-hydrogen) atoms. The molecule has 0 N–H and O–H groups in total. The van der Waals surface area contributed by atoms with Crippen LogP contribution in [0.4, 0.5) is 0 Å². The summed E-state index contributed by atoms with van der Waals surface area (Å²) in [6.45, 7) is 4.33. The fraction of sp³-hybridized carbons (Fsp3) is 0.455. The Kier molecular flexibility index (Phi) is 4.49. The van der Waals surface area contributed by atoms with Gasteiger partial charge in [0.2, 0.25) is 15.5 Å². The van der Waals surface area contributed by atoms with Gasteiger partial charge in [0.25, 0.3) is 0 Å². The van der Waals surface area contributed by atoms with Crippen molar-refractivity contribution in [1.82, 2.24) is 0 Å². The van der Waals surface area contributed by atoms with Gasteiger partial charge in [0, 0.05) is 0 Å². The van der Waals surface area contributed by atoms with Crippen LogP contribution in [0.3, 0.4) is 0 Å². The normalized spacial score (nSPS) is 11.0. The number of rotatable bonds is 5. The molecule has 0 bridgehead atoms. The van der Waals surface area contributed by atoms with Crippen LogP contribution in [0.25, 0.3) is 0 Å². The molecule has 84 valence electrons. The van der Waals surface area contributed by atoms with Crippen LogP contribution in [0.1, 0.15) is 13.8 Å². The summed E-state index contributed by atoms with van der Waals surface area (Å²) in [4.78, 5) is 0. The van der Waals surface area contributed by atoms with Gasteiger partial charge in [0.1, 0.15) is 5.75 Å². The zero-order valence-corrected chi connectivity index (χ0v) is 11.2. The number of benzene rings is 1. The highest BCUT2D eigenvalue weighted by molar-refractivity contribution is 6.30. The van der Waals surface area contributed by atoms with Crippen LogP contribution < -0.4 is 13.9 Å². The molecule has 0 saturated carbocycles. The van der Waals surface area contributed by atoms with Crippen LogP contribution in [-0.4, -0.2) is 24.0 Å². The quantitative estimate of drug-likeness (QED) is 0.719. The second kappa shape index (κ2) is 5.65. The molecule has 0 aliphatic heterocycles. The number of para-hydroxylation sites is 1. The van der Waals surface area contributed by atoms with Gasteiger partial charge >= 0.3 is 0 Å². The monoisotopic (exact) mass is 226 g/mol. The van der Waals surface area contributed by atoms with E-state index in [0.717, 1.165) is 5.75 Å².